The van der Waals surface area contributed by atoms with E-state index in [1.807, 2.05) is 43.5 Å². The van der Waals surface area contributed by atoms with Gasteiger partial charge in [-0.25, -0.2) is 4.79 Å². The molecule has 1 aromatic rings. The highest BCUT2D eigenvalue weighted by atomic mass is 35.5. The van der Waals surface area contributed by atoms with Gasteiger partial charge in [0, 0.05) is 37.6 Å². The van der Waals surface area contributed by atoms with Gasteiger partial charge in [-0.1, -0.05) is 42.3 Å². The molecule has 2 aliphatic heterocycles. The first-order chi connectivity index (χ1) is 16.9. The molecule has 0 spiro atoms. The Balaban J connectivity index is 1.47. The minimum Gasteiger partial charge on any atom is -0.352 e. The number of nitrogens with zero attached hydrogens (tertiary/aromatic N) is 3. The van der Waals surface area contributed by atoms with E-state index < -0.39 is 17.3 Å². The van der Waals surface area contributed by atoms with Gasteiger partial charge in [0.2, 0.25) is 17.7 Å². The van der Waals surface area contributed by atoms with Crippen LogP contribution in [0, 0.1) is 0 Å². The number of urea groups is 1. The van der Waals surface area contributed by atoms with Crippen molar-refractivity contribution in [3.63, 3.8) is 0 Å². The second-order valence-corrected chi connectivity index (χ2v) is 9.98. The Morgan fingerprint density at radius 1 is 1.11 bits per heavy atom. The topological polar surface area (TPSA) is 90.0 Å². The Kier molecular flexibility index (Phi) is 10.0. The number of fused-ring (bicyclic) bond motifs is 1. The van der Waals surface area contributed by atoms with Gasteiger partial charge in [0.1, 0.15) is 11.8 Å². The van der Waals surface area contributed by atoms with Crippen molar-refractivity contribution in [2.75, 3.05) is 26.2 Å². The Morgan fingerprint density at radius 2 is 1.86 bits per heavy atom. The molecule has 1 N–H and O–H groups in total. The molecule has 190 valence electrons. The maximum atomic E-state index is 13.2. The number of nitrogens with one attached hydrogen (secondary N) is 1. The summed E-state index contributed by atoms with van der Waals surface area (Å²) in [5, 5.41) is 4.91. The van der Waals surface area contributed by atoms with Crippen LogP contribution in [0.2, 0.25) is 5.02 Å². The predicted octanol–water partition coefficient (Wildman–Crippen LogP) is 3.65. The van der Waals surface area contributed by atoms with E-state index in [4.69, 9.17) is 11.6 Å². The molecule has 0 aromatic heterocycles. The van der Waals surface area contributed by atoms with E-state index in [2.05, 4.69) is 5.32 Å². The number of hydrogen-bond donors (Lipinski definition) is 1. The van der Waals surface area contributed by atoms with Gasteiger partial charge in [0.25, 0.3) is 0 Å². The minimum atomic E-state index is -0.415. The lowest BCUT2D eigenvalue weighted by molar-refractivity contribution is -0.136. The fraction of sp³-hybridized carbons (Fsp3) is 0.520. The first kappa shape index (κ1) is 27.1. The van der Waals surface area contributed by atoms with Gasteiger partial charge in [0.05, 0.1) is 6.04 Å². The van der Waals surface area contributed by atoms with Gasteiger partial charge >= 0.3 is 6.03 Å². The van der Waals surface area contributed by atoms with Crippen molar-refractivity contribution in [3.05, 3.63) is 46.3 Å². The lowest BCUT2D eigenvalue weighted by Crippen LogP contribution is -2.63. The van der Waals surface area contributed by atoms with Crippen LogP contribution in [-0.2, 0) is 20.9 Å². The van der Waals surface area contributed by atoms with E-state index in [0.717, 1.165) is 5.56 Å². The molecule has 1 aromatic carbocycles. The van der Waals surface area contributed by atoms with Crippen LogP contribution in [0.25, 0.3) is 0 Å². The monoisotopic (exact) mass is 520 g/mol. The van der Waals surface area contributed by atoms with Gasteiger partial charge in [0.15, 0.2) is 0 Å². The summed E-state index contributed by atoms with van der Waals surface area (Å²) in [6.45, 7) is 5.57. The molecule has 8 nitrogen and oxygen atoms in total. The number of halogens is 1. The van der Waals surface area contributed by atoms with Crippen LogP contribution in [0.4, 0.5) is 4.79 Å². The van der Waals surface area contributed by atoms with Gasteiger partial charge in [-0.3, -0.25) is 19.3 Å². The number of unbranched alkanes of at least 4 members (excludes halogenated alkanes) is 2. The molecule has 2 unspecified atom stereocenters. The first-order valence-electron chi connectivity index (χ1n) is 12.1. The average Bonchev–Trinajstić information content (AvgIpc) is 3.34. The Labute approximate surface area is 216 Å². The van der Waals surface area contributed by atoms with E-state index in [1.54, 1.807) is 11.0 Å². The average molecular weight is 521 g/mol. The number of thioether (sulfide) groups is 1. The van der Waals surface area contributed by atoms with Crippen LogP contribution in [0.3, 0.4) is 0 Å². The van der Waals surface area contributed by atoms with E-state index in [-0.39, 0.29) is 30.8 Å². The standard InChI is InChI=1S/C25H33ClN4O4S/c1-3-28(4-2)22(32)17-30-20-13-15-35-23(20)24(33)29(25(30)34)14-9-5-6-12-21(31)27-16-18-10-7-8-11-19(18)26/h7-8,10-11,13,15,20,23H,3-6,9,12,14,16-17H2,1-2H3,(H,27,31). The van der Waals surface area contributed by atoms with E-state index in [0.29, 0.717) is 50.3 Å². The molecule has 0 saturated carbocycles. The van der Waals surface area contributed by atoms with Crippen molar-refractivity contribution in [1.82, 2.24) is 20.0 Å². The van der Waals surface area contributed by atoms with Crippen molar-refractivity contribution in [2.45, 2.75) is 57.4 Å². The largest absolute Gasteiger partial charge is 0.352 e. The lowest BCUT2D eigenvalue weighted by atomic mass is 10.1. The zero-order valence-electron chi connectivity index (χ0n) is 20.2. The number of imide groups is 1. The van der Waals surface area contributed by atoms with Crippen LogP contribution in [0.1, 0.15) is 45.1 Å². The number of rotatable bonds is 12. The Hall–Kier alpha value is -2.52. The molecule has 3 rings (SSSR count). The molecule has 0 aliphatic carbocycles. The number of carbonyl (C=O) groups is 4. The van der Waals surface area contributed by atoms with Crippen molar-refractivity contribution in [3.8, 4) is 0 Å². The summed E-state index contributed by atoms with van der Waals surface area (Å²) in [6, 6.07) is 6.57. The van der Waals surface area contributed by atoms with Crippen LogP contribution in [0.15, 0.2) is 35.7 Å². The predicted molar refractivity (Wildman–Crippen MR) is 138 cm³/mol. The normalized spacial score (nSPS) is 19.2. The molecule has 35 heavy (non-hydrogen) atoms. The van der Waals surface area contributed by atoms with Gasteiger partial charge in [-0.2, -0.15) is 0 Å². The van der Waals surface area contributed by atoms with Gasteiger partial charge in [-0.05, 0) is 43.7 Å². The molecule has 10 heteroatoms. The van der Waals surface area contributed by atoms with Gasteiger partial charge < -0.3 is 15.1 Å². The summed E-state index contributed by atoms with van der Waals surface area (Å²) in [6.07, 6.45) is 4.15. The molecule has 1 saturated heterocycles. The van der Waals surface area contributed by atoms with Gasteiger partial charge in [-0.15, -0.1) is 11.8 Å². The third-order valence-electron chi connectivity index (χ3n) is 6.30. The molecule has 1 fully saturated rings. The van der Waals surface area contributed by atoms with Crippen LogP contribution in [0.5, 0.6) is 0 Å². The minimum absolute atomic E-state index is 0.0397. The molecule has 0 radical (unpaired) electrons. The summed E-state index contributed by atoms with van der Waals surface area (Å²) in [7, 11) is 0. The summed E-state index contributed by atoms with van der Waals surface area (Å²) < 4.78 is 0. The first-order valence-corrected chi connectivity index (χ1v) is 13.4. The van der Waals surface area contributed by atoms with Crippen LogP contribution < -0.4 is 5.32 Å². The molecular formula is C25H33ClN4O4S. The maximum Gasteiger partial charge on any atom is 0.327 e. The molecule has 2 atom stereocenters. The summed E-state index contributed by atoms with van der Waals surface area (Å²) in [4.78, 5) is 55.4. The molecular weight excluding hydrogens is 488 g/mol. The third-order valence-corrected chi connectivity index (χ3v) is 7.75. The van der Waals surface area contributed by atoms with Crippen molar-refractivity contribution < 1.29 is 19.2 Å². The van der Waals surface area contributed by atoms with E-state index >= 15 is 0 Å². The van der Waals surface area contributed by atoms with E-state index in [1.165, 1.54) is 21.6 Å². The van der Waals surface area contributed by atoms with Crippen molar-refractivity contribution >= 4 is 47.1 Å². The second-order valence-electron chi connectivity index (χ2n) is 8.52. The highest BCUT2D eigenvalue weighted by molar-refractivity contribution is 8.03. The molecule has 5 amide bonds. The van der Waals surface area contributed by atoms with Crippen LogP contribution >= 0.6 is 23.4 Å². The summed E-state index contributed by atoms with van der Waals surface area (Å²) in [5.41, 5.74) is 0.867. The number of carbonyl (C=O) groups excluding carboxylic acids is 4. The highest BCUT2D eigenvalue weighted by Crippen LogP contribution is 2.34. The third kappa shape index (κ3) is 6.79. The summed E-state index contributed by atoms with van der Waals surface area (Å²) >= 11 is 7.50. The SMILES string of the molecule is CCN(CC)C(=O)CN1C(=O)N(CCCCCC(=O)NCc2ccccc2Cl)C(=O)C2SC=CC21. The summed E-state index contributed by atoms with van der Waals surface area (Å²) in [5.74, 6) is -0.393. The number of likely N-dealkylation sites (N-methyl/N-ethyl adjacent to an activating group) is 1. The zero-order chi connectivity index (χ0) is 25.4. The van der Waals surface area contributed by atoms with Crippen molar-refractivity contribution in [2.24, 2.45) is 0 Å². The lowest BCUT2D eigenvalue weighted by Gasteiger charge is -2.41. The number of hydrogen-bond acceptors (Lipinski definition) is 5. The highest BCUT2D eigenvalue weighted by Gasteiger charge is 2.47. The fourth-order valence-electron chi connectivity index (χ4n) is 4.25. The maximum absolute atomic E-state index is 13.2. The number of amides is 5. The second kappa shape index (κ2) is 13.0. The fourth-order valence-corrected chi connectivity index (χ4v) is 5.52. The van der Waals surface area contributed by atoms with Crippen LogP contribution in [-0.4, -0.2) is 75.9 Å². The Morgan fingerprint density at radius 3 is 2.57 bits per heavy atom. The molecule has 0 bridgehead atoms. The quantitative estimate of drug-likeness (QED) is 0.425. The zero-order valence-corrected chi connectivity index (χ0v) is 21.8. The Bertz CT molecular complexity index is 969. The van der Waals surface area contributed by atoms with E-state index in [9.17, 15) is 19.2 Å². The smallest absolute Gasteiger partial charge is 0.327 e. The molecule has 2 aliphatic rings. The van der Waals surface area contributed by atoms with Crippen molar-refractivity contribution in [1.29, 1.82) is 0 Å². The molecule has 2 heterocycles. The number of benzene rings is 1.